The fourth-order valence-electron chi connectivity index (χ4n) is 3.07. The topological polar surface area (TPSA) is 57.2 Å². The normalized spacial score (nSPS) is 17.7. The highest BCUT2D eigenvalue weighted by Gasteiger charge is 2.35. The molecule has 3 rings (SSSR count). The van der Waals surface area contributed by atoms with E-state index in [1.165, 1.54) is 11.0 Å². The molecule has 8 heteroatoms. The van der Waals surface area contributed by atoms with Crippen LogP contribution in [0.2, 0.25) is 0 Å². The van der Waals surface area contributed by atoms with Crippen LogP contribution in [0.15, 0.2) is 42.5 Å². The third-order valence-electron chi connectivity index (χ3n) is 4.41. The maximum absolute atomic E-state index is 12.9. The Morgan fingerprint density at radius 1 is 1.14 bits per heavy atom. The molecule has 1 heterocycles. The summed E-state index contributed by atoms with van der Waals surface area (Å²) in [6.07, 6.45) is -1.25. The van der Waals surface area contributed by atoms with E-state index in [2.05, 4.69) is 4.74 Å². The van der Waals surface area contributed by atoms with Gasteiger partial charge in [-0.05, 0) is 43.7 Å². The molecule has 29 heavy (non-hydrogen) atoms. The highest BCUT2D eigenvalue weighted by atomic mass is 19.3. The van der Waals surface area contributed by atoms with Gasteiger partial charge in [-0.2, -0.15) is 8.78 Å². The monoisotopic (exact) mass is 407 g/mol. The highest BCUT2D eigenvalue weighted by molar-refractivity contribution is 5.82. The van der Waals surface area contributed by atoms with Crippen molar-refractivity contribution in [3.8, 4) is 23.0 Å². The van der Waals surface area contributed by atoms with Crippen molar-refractivity contribution in [2.45, 2.75) is 39.2 Å². The Bertz CT molecular complexity index is 861. The summed E-state index contributed by atoms with van der Waals surface area (Å²) in [6, 6.07) is 11.8. The number of fused-ring (bicyclic) bond motifs is 1. The second-order valence-electron chi connectivity index (χ2n) is 6.60. The molecule has 0 fully saturated rings. The molecule has 2 atom stereocenters. The first-order valence-electron chi connectivity index (χ1n) is 9.27. The molecule has 2 aromatic carbocycles. The predicted octanol–water partition coefficient (Wildman–Crippen LogP) is 3.87. The van der Waals surface area contributed by atoms with Crippen LogP contribution in [0.3, 0.4) is 0 Å². The van der Waals surface area contributed by atoms with E-state index < -0.39 is 18.8 Å². The van der Waals surface area contributed by atoms with Gasteiger partial charge < -0.3 is 23.8 Å². The number of carbonyl (C=O) groups is 1. The van der Waals surface area contributed by atoms with E-state index in [0.29, 0.717) is 23.7 Å². The second-order valence-corrected chi connectivity index (χ2v) is 6.60. The lowest BCUT2D eigenvalue weighted by Gasteiger charge is -2.33. The predicted molar refractivity (Wildman–Crippen MR) is 102 cm³/mol. The molecule has 2 aromatic rings. The van der Waals surface area contributed by atoms with Gasteiger partial charge in [0.25, 0.3) is 5.91 Å². The number of alkyl halides is 2. The van der Waals surface area contributed by atoms with Gasteiger partial charge in [-0.15, -0.1) is 0 Å². The largest absolute Gasteiger partial charge is 0.490 e. The van der Waals surface area contributed by atoms with Crippen LogP contribution in [-0.4, -0.2) is 43.3 Å². The van der Waals surface area contributed by atoms with Crippen LogP contribution in [0.25, 0.3) is 0 Å². The summed E-state index contributed by atoms with van der Waals surface area (Å²) in [6.45, 7) is 1.10. The van der Waals surface area contributed by atoms with Crippen molar-refractivity contribution in [2.75, 3.05) is 13.7 Å². The molecule has 0 saturated heterocycles. The number of halogens is 2. The second kappa shape index (κ2) is 8.98. The third-order valence-corrected chi connectivity index (χ3v) is 4.41. The summed E-state index contributed by atoms with van der Waals surface area (Å²) < 4.78 is 46.6. The SMILES string of the molecule is CCOc1cc(CN(C)C(=O)C2Oc3ccccc3OC2C)ccc1OC(F)F. The van der Waals surface area contributed by atoms with Gasteiger partial charge >= 0.3 is 6.61 Å². The Morgan fingerprint density at radius 3 is 2.48 bits per heavy atom. The Balaban J connectivity index is 1.71. The minimum absolute atomic E-state index is 0.0474. The fraction of sp³-hybridized carbons (Fsp3) is 0.381. The van der Waals surface area contributed by atoms with Crippen molar-refractivity contribution < 1.29 is 32.5 Å². The van der Waals surface area contributed by atoms with Crippen LogP contribution in [0.5, 0.6) is 23.0 Å². The van der Waals surface area contributed by atoms with Gasteiger partial charge in [-0.1, -0.05) is 18.2 Å². The Morgan fingerprint density at radius 2 is 1.83 bits per heavy atom. The van der Waals surface area contributed by atoms with Crippen LogP contribution < -0.4 is 18.9 Å². The summed E-state index contributed by atoms with van der Waals surface area (Å²) in [5.74, 6) is 1.02. The maximum atomic E-state index is 12.9. The highest BCUT2D eigenvalue weighted by Crippen LogP contribution is 2.34. The first kappa shape index (κ1) is 20.7. The van der Waals surface area contributed by atoms with E-state index in [0.717, 1.165) is 0 Å². The lowest BCUT2D eigenvalue weighted by molar-refractivity contribution is -0.143. The zero-order valence-electron chi connectivity index (χ0n) is 16.4. The molecule has 1 aliphatic heterocycles. The molecular formula is C21H23F2NO5. The van der Waals surface area contributed by atoms with Crippen molar-refractivity contribution >= 4 is 5.91 Å². The van der Waals surface area contributed by atoms with Crippen molar-refractivity contribution in [1.29, 1.82) is 0 Å². The minimum Gasteiger partial charge on any atom is -0.490 e. The zero-order valence-corrected chi connectivity index (χ0v) is 16.4. The number of para-hydroxylation sites is 2. The minimum atomic E-state index is -2.95. The van der Waals surface area contributed by atoms with Crippen LogP contribution in [0.4, 0.5) is 8.78 Å². The van der Waals surface area contributed by atoms with Gasteiger partial charge in [0.05, 0.1) is 6.61 Å². The average Bonchev–Trinajstić information content (AvgIpc) is 2.68. The molecule has 1 amide bonds. The number of ether oxygens (including phenoxy) is 4. The molecule has 2 unspecified atom stereocenters. The number of hydrogen-bond donors (Lipinski definition) is 0. The van der Waals surface area contributed by atoms with Crippen molar-refractivity contribution in [1.82, 2.24) is 4.90 Å². The van der Waals surface area contributed by atoms with E-state index in [4.69, 9.17) is 14.2 Å². The van der Waals surface area contributed by atoms with Crippen LogP contribution in [0, 0.1) is 0 Å². The maximum Gasteiger partial charge on any atom is 0.387 e. The molecule has 6 nitrogen and oxygen atoms in total. The molecule has 0 spiro atoms. The number of benzene rings is 2. The van der Waals surface area contributed by atoms with Gasteiger partial charge in [0.1, 0.15) is 6.10 Å². The molecule has 0 aromatic heterocycles. The number of likely N-dealkylation sites (N-methyl/N-ethyl adjacent to an activating group) is 1. The lowest BCUT2D eigenvalue weighted by Crippen LogP contribution is -2.49. The zero-order chi connectivity index (χ0) is 21.0. The number of rotatable bonds is 7. The average molecular weight is 407 g/mol. The smallest absolute Gasteiger partial charge is 0.387 e. The van der Waals surface area contributed by atoms with Gasteiger partial charge in [-0.3, -0.25) is 4.79 Å². The standard InChI is InChI=1S/C21H23F2NO5/c1-4-26-18-11-14(9-10-17(18)29-21(22)23)12-24(3)20(25)19-13(2)27-15-7-5-6-8-16(15)28-19/h5-11,13,19,21H,4,12H2,1-3H3. The van der Waals surface area contributed by atoms with Crippen molar-refractivity contribution in [3.63, 3.8) is 0 Å². The summed E-state index contributed by atoms with van der Waals surface area (Å²) in [7, 11) is 1.64. The quantitative estimate of drug-likeness (QED) is 0.697. The Kier molecular flexibility index (Phi) is 6.41. The first-order valence-corrected chi connectivity index (χ1v) is 9.27. The van der Waals surface area contributed by atoms with E-state index in [9.17, 15) is 13.6 Å². The number of amides is 1. The molecular weight excluding hydrogens is 384 g/mol. The summed E-state index contributed by atoms with van der Waals surface area (Å²) >= 11 is 0. The van der Waals surface area contributed by atoms with Crippen LogP contribution in [-0.2, 0) is 11.3 Å². The van der Waals surface area contributed by atoms with E-state index in [1.807, 2.05) is 12.1 Å². The molecule has 0 aliphatic carbocycles. The fourth-order valence-corrected chi connectivity index (χ4v) is 3.07. The van der Waals surface area contributed by atoms with Gasteiger partial charge in [0, 0.05) is 13.6 Å². The van der Waals surface area contributed by atoms with Crippen molar-refractivity contribution in [2.24, 2.45) is 0 Å². The van der Waals surface area contributed by atoms with E-state index in [-0.39, 0.29) is 24.0 Å². The molecule has 0 saturated carbocycles. The molecule has 0 radical (unpaired) electrons. The van der Waals surface area contributed by atoms with Gasteiger partial charge in [0.2, 0.25) is 6.10 Å². The number of carbonyl (C=O) groups excluding carboxylic acids is 1. The molecule has 0 bridgehead atoms. The van der Waals surface area contributed by atoms with E-state index in [1.54, 1.807) is 45.2 Å². The van der Waals surface area contributed by atoms with Gasteiger partial charge in [-0.25, -0.2) is 0 Å². The first-order chi connectivity index (χ1) is 13.9. The number of hydrogen-bond acceptors (Lipinski definition) is 5. The lowest BCUT2D eigenvalue weighted by atomic mass is 10.1. The summed E-state index contributed by atoms with van der Waals surface area (Å²) in [4.78, 5) is 14.4. The Labute approximate surface area is 167 Å². The van der Waals surface area contributed by atoms with Crippen molar-refractivity contribution in [3.05, 3.63) is 48.0 Å². The van der Waals surface area contributed by atoms with Crippen LogP contribution in [0.1, 0.15) is 19.4 Å². The third kappa shape index (κ3) is 4.88. The molecule has 1 aliphatic rings. The molecule has 156 valence electrons. The summed E-state index contributed by atoms with van der Waals surface area (Å²) in [5, 5.41) is 0. The van der Waals surface area contributed by atoms with Crippen LogP contribution >= 0.6 is 0 Å². The van der Waals surface area contributed by atoms with Gasteiger partial charge in [0.15, 0.2) is 23.0 Å². The molecule has 0 N–H and O–H groups in total. The number of nitrogens with zero attached hydrogens (tertiary/aromatic N) is 1. The van der Waals surface area contributed by atoms with E-state index >= 15 is 0 Å². The Hall–Kier alpha value is -3.03. The summed E-state index contributed by atoms with van der Waals surface area (Å²) in [5.41, 5.74) is 0.704.